The number of pyridine rings is 1. The highest BCUT2D eigenvalue weighted by Gasteiger charge is 2.17. The maximum Gasteiger partial charge on any atom is 0.230 e. The number of rotatable bonds is 10. The number of para-hydroxylation sites is 1. The molecule has 29 heavy (non-hydrogen) atoms. The molecule has 1 aromatic carbocycles. The molecule has 0 aliphatic heterocycles. The zero-order valence-electron chi connectivity index (χ0n) is 16.6. The molecule has 0 aliphatic carbocycles. The molecule has 0 saturated heterocycles. The number of benzene rings is 1. The van der Waals surface area contributed by atoms with Crippen molar-refractivity contribution in [2.75, 3.05) is 18.9 Å². The highest BCUT2D eigenvalue weighted by Crippen LogP contribution is 2.27. The van der Waals surface area contributed by atoms with Gasteiger partial charge in [0.2, 0.25) is 5.91 Å². The molecule has 8 heteroatoms. The minimum absolute atomic E-state index is 0.0346. The maximum absolute atomic E-state index is 12.2. The summed E-state index contributed by atoms with van der Waals surface area (Å²) in [4.78, 5) is 16.3. The lowest BCUT2D eigenvalue weighted by Crippen LogP contribution is -2.27. The van der Waals surface area contributed by atoms with Gasteiger partial charge in [0.1, 0.15) is 0 Å². The van der Waals surface area contributed by atoms with Crippen LogP contribution in [0.3, 0.4) is 0 Å². The molecule has 0 radical (unpaired) electrons. The molecule has 2 aromatic heterocycles. The van der Waals surface area contributed by atoms with Gasteiger partial charge in [-0.1, -0.05) is 30.0 Å². The van der Waals surface area contributed by atoms with Crippen LogP contribution in [0, 0.1) is 0 Å². The van der Waals surface area contributed by atoms with Crippen LogP contribution in [0.4, 0.5) is 0 Å². The fourth-order valence-corrected chi connectivity index (χ4v) is 3.44. The van der Waals surface area contributed by atoms with E-state index in [9.17, 15) is 4.79 Å². The average Bonchev–Trinajstić information content (AvgIpc) is 3.17. The number of hydrogen-bond acceptors (Lipinski definition) is 6. The number of carbonyl (C=O) groups excluding carboxylic acids is 1. The van der Waals surface area contributed by atoms with E-state index in [0.717, 1.165) is 17.7 Å². The Kier molecular flexibility index (Phi) is 7.77. The highest BCUT2D eigenvalue weighted by atomic mass is 32.2. The molecule has 0 fully saturated rings. The number of amides is 1. The van der Waals surface area contributed by atoms with Crippen LogP contribution in [0.2, 0.25) is 0 Å². The van der Waals surface area contributed by atoms with Gasteiger partial charge in [0.25, 0.3) is 0 Å². The largest absolute Gasteiger partial charge is 0.379 e. The first-order valence-electron chi connectivity index (χ1n) is 9.57. The van der Waals surface area contributed by atoms with Crippen LogP contribution in [0.1, 0.15) is 20.3 Å². The average molecular weight is 412 g/mol. The topological polar surface area (TPSA) is 81.9 Å². The van der Waals surface area contributed by atoms with Crippen molar-refractivity contribution in [3.8, 4) is 17.1 Å². The van der Waals surface area contributed by atoms with Crippen molar-refractivity contribution in [2.45, 2.75) is 31.5 Å². The Bertz CT molecular complexity index is 900. The molecule has 0 bridgehead atoms. The molecule has 152 valence electrons. The van der Waals surface area contributed by atoms with Gasteiger partial charge in [0.15, 0.2) is 11.0 Å². The van der Waals surface area contributed by atoms with Crippen LogP contribution < -0.4 is 5.32 Å². The van der Waals surface area contributed by atoms with Crippen LogP contribution in [0.25, 0.3) is 17.1 Å². The lowest BCUT2D eigenvalue weighted by Gasteiger charge is -2.10. The van der Waals surface area contributed by atoms with Crippen LogP contribution in [0.15, 0.2) is 60.0 Å². The Morgan fingerprint density at radius 1 is 1.14 bits per heavy atom. The predicted octanol–water partition coefficient (Wildman–Crippen LogP) is 3.35. The predicted molar refractivity (Wildman–Crippen MR) is 114 cm³/mol. The van der Waals surface area contributed by atoms with Crippen molar-refractivity contribution in [2.24, 2.45) is 0 Å². The van der Waals surface area contributed by atoms with Gasteiger partial charge < -0.3 is 10.1 Å². The van der Waals surface area contributed by atoms with Crippen molar-refractivity contribution in [1.29, 1.82) is 0 Å². The Morgan fingerprint density at radius 2 is 1.90 bits per heavy atom. The number of nitrogens with zero attached hydrogens (tertiary/aromatic N) is 4. The Labute approximate surface area is 174 Å². The van der Waals surface area contributed by atoms with E-state index in [2.05, 4.69) is 20.5 Å². The van der Waals surface area contributed by atoms with Crippen molar-refractivity contribution in [1.82, 2.24) is 25.1 Å². The van der Waals surface area contributed by atoms with Crippen LogP contribution in [-0.4, -0.2) is 50.7 Å². The van der Waals surface area contributed by atoms with E-state index in [-0.39, 0.29) is 17.8 Å². The Balaban J connectivity index is 1.67. The smallest absolute Gasteiger partial charge is 0.230 e. The van der Waals surface area contributed by atoms with Gasteiger partial charge in [-0.15, -0.1) is 10.2 Å². The number of hydrogen-bond donors (Lipinski definition) is 1. The van der Waals surface area contributed by atoms with E-state index in [4.69, 9.17) is 4.74 Å². The van der Waals surface area contributed by atoms with Gasteiger partial charge in [-0.3, -0.25) is 14.3 Å². The van der Waals surface area contributed by atoms with E-state index in [1.165, 1.54) is 11.8 Å². The summed E-state index contributed by atoms with van der Waals surface area (Å²) >= 11 is 1.36. The Morgan fingerprint density at radius 3 is 2.62 bits per heavy atom. The summed E-state index contributed by atoms with van der Waals surface area (Å²) in [5.74, 6) is 0.951. The lowest BCUT2D eigenvalue weighted by molar-refractivity contribution is -0.118. The van der Waals surface area contributed by atoms with Gasteiger partial charge in [-0.2, -0.15) is 0 Å². The zero-order valence-corrected chi connectivity index (χ0v) is 17.4. The highest BCUT2D eigenvalue weighted by molar-refractivity contribution is 7.99. The summed E-state index contributed by atoms with van der Waals surface area (Å²) in [6.07, 6.45) is 4.45. The molecule has 2 heterocycles. The molecular weight excluding hydrogens is 386 g/mol. The second kappa shape index (κ2) is 10.7. The zero-order chi connectivity index (χ0) is 20.5. The summed E-state index contributed by atoms with van der Waals surface area (Å²) in [7, 11) is 0. The van der Waals surface area contributed by atoms with Gasteiger partial charge >= 0.3 is 0 Å². The van der Waals surface area contributed by atoms with Gasteiger partial charge in [0, 0.05) is 36.8 Å². The van der Waals surface area contributed by atoms with Gasteiger partial charge in [-0.05, 0) is 44.5 Å². The molecule has 3 aromatic rings. The third-order valence-electron chi connectivity index (χ3n) is 4.01. The van der Waals surface area contributed by atoms with E-state index in [1.54, 1.807) is 12.4 Å². The summed E-state index contributed by atoms with van der Waals surface area (Å²) < 4.78 is 7.44. The molecule has 0 aliphatic rings. The van der Waals surface area contributed by atoms with E-state index in [0.29, 0.717) is 24.1 Å². The molecule has 7 nitrogen and oxygen atoms in total. The Hall–Kier alpha value is -2.71. The minimum Gasteiger partial charge on any atom is -0.379 e. The second-order valence-electron chi connectivity index (χ2n) is 6.62. The van der Waals surface area contributed by atoms with Crippen LogP contribution >= 0.6 is 11.8 Å². The normalized spacial score (nSPS) is 11.0. The SMILES string of the molecule is CC(C)OCCCNC(=O)CSc1nnc(-c2ccncc2)n1-c1ccccc1. The second-order valence-corrected chi connectivity index (χ2v) is 7.57. The number of nitrogens with one attached hydrogen (secondary N) is 1. The lowest BCUT2D eigenvalue weighted by atomic mass is 10.2. The number of thioether (sulfide) groups is 1. The van der Waals surface area contributed by atoms with Crippen molar-refractivity contribution >= 4 is 17.7 Å². The molecule has 0 saturated carbocycles. The summed E-state index contributed by atoms with van der Waals surface area (Å²) in [6.45, 7) is 5.24. The third kappa shape index (κ3) is 6.13. The summed E-state index contributed by atoms with van der Waals surface area (Å²) in [5.41, 5.74) is 1.86. The third-order valence-corrected chi connectivity index (χ3v) is 4.94. The standard InChI is InChI=1S/C21H25N5O2S/c1-16(2)28-14-6-11-23-19(27)15-29-21-25-24-20(17-9-12-22-13-10-17)26(21)18-7-4-3-5-8-18/h3-5,7-10,12-13,16H,6,11,14-15H2,1-2H3,(H,23,27). The summed E-state index contributed by atoms with van der Waals surface area (Å²) in [6, 6.07) is 13.7. The monoisotopic (exact) mass is 411 g/mol. The molecule has 3 rings (SSSR count). The van der Waals surface area contributed by atoms with E-state index in [1.807, 2.05) is 60.9 Å². The maximum atomic E-state index is 12.2. The number of carbonyl (C=O) groups is 1. The number of aromatic nitrogens is 4. The van der Waals surface area contributed by atoms with Crippen molar-refractivity contribution in [3.05, 3.63) is 54.9 Å². The minimum atomic E-state index is -0.0346. The first-order chi connectivity index (χ1) is 14.1. The van der Waals surface area contributed by atoms with Crippen LogP contribution in [-0.2, 0) is 9.53 Å². The fourth-order valence-electron chi connectivity index (χ4n) is 2.66. The molecule has 0 spiro atoms. The van der Waals surface area contributed by atoms with Gasteiger partial charge in [-0.25, -0.2) is 0 Å². The molecular formula is C21H25N5O2S. The summed E-state index contributed by atoms with van der Waals surface area (Å²) in [5, 5.41) is 12.3. The first-order valence-corrected chi connectivity index (χ1v) is 10.6. The number of ether oxygens (including phenoxy) is 1. The van der Waals surface area contributed by atoms with Crippen LogP contribution in [0.5, 0.6) is 0 Å². The molecule has 0 atom stereocenters. The van der Waals surface area contributed by atoms with Gasteiger partial charge in [0.05, 0.1) is 11.9 Å². The molecule has 0 unspecified atom stereocenters. The molecule has 1 N–H and O–H groups in total. The van der Waals surface area contributed by atoms with Crippen molar-refractivity contribution in [3.63, 3.8) is 0 Å². The van der Waals surface area contributed by atoms with Crippen molar-refractivity contribution < 1.29 is 9.53 Å². The fraction of sp³-hybridized carbons (Fsp3) is 0.333. The first kappa shape index (κ1) is 21.0. The molecule has 1 amide bonds. The van der Waals surface area contributed by atoms with E-state index >= 15 is 0 Å². The van der Waals surface area contributed by atoms with E-state index < -0.39 is 0 Å². The quantitative estimate of drug-likeness (QED) is 0.407.